The smallest absolute Gasteiger partial charge is 0.101 e. The van der Waals surface area contributed by atoms with Crippen molar-refractivity contribution in [1.82, 2.24) is 4.98 Å². The van der Waals surface area contributed by atoms with Gasteiger partial charge in [-0.25, -0.2) is 0 Å². The van der Waals surface area contributed by atoms with E-state index in [1.807, 2.05) is 19.9 Å². The molecule has 2 N–H and O–H groups in total. The lowest BCUT2D eigenvalue weighted by Gasteiger charge is -2.14. The molecule has 0 aliphatic heterocycles. The highest BCUT2D eigenvalue weighted by molar-refractivity contribution is 6.35. The highest BCUT2D eigenvalue weighted by atomic mass is 35.5. The molecule has 0 spiro atoms. The third-order valence-corrected chi connectivity index (χ3v) is 4.06. The third kappa shape index (κ3) is 3.09. The van der Waals surface area contributed by atoms with Crippen LogP contribution in [-0.2, 0) is 0 Å². The summed E-state index contributed by atoms with van der Waals surface area (Å²) in [6.45, 7) is 3.98. The lowest BCUT2D eigenvalue weighted by molar-refractivity contribution is 1.21. The van der Waals surface area contributed by atoms with E-state index in [0.717, 1.165) is 28.7 Å². The van der Waals surface area contributed by atoms with E-state index in [1.54, 1.807) is 18.3 Å². The Labute approximate surface area is 140 Å². The Morgan fingerprint density at radius 2 is 2.05 bits per heavy atom. The molecule has 112 valence electrons. The molecule has 2 rings (SSSR count). The largest absolute Gasteiger partial charge is 0.396 e. The van der Waals surface area contributed by atoms with E-state index in [0.29, 0.717) is 21.3 Å². The number of nitrogens with two attached hydrogens (primary N) is 1. The quantitative estimate of drug-likeness (QED) is 0.861. The van der Waals surface area contributed by atoms with Crippen LogP contribution in [0.1, 0.15) is 35.6 Å². The average Bonchev–Trinajstić information content (AvgIpc) is 2.49. The van der Waals surface area contributed by atoms with Crippen molar-refractivity contribution >= 4 is 34.5 Å². The van der Waals surface area contributed by atoms with Gasteiger partial charge in [0.1, 0.15) is 6.07 Å². The fourth-order valence-corrected chi connectivity index (χ4v) is 2.73. The first kappa shape index (κ1) is 16.4. The molecule has 0 fully saturated rings. The van der Waals surface area contributed by atoms with Gasteiger partial charge in [-0.05, 0) is 42.2 Å². The number of halogens is 2. The molecule has 22 heavy (non-hydrogen) atoms. The number of hydrogen-bond acceptors (Lipinski definition) is 3. The first-order chi connectivity index (χ1) is 10.5. The molecule has 5 heteroatoms. The fourth-order valence-electron chi connectivity index (χ4n) is 2.27. The van der Waals surface area contributed by atoms with Gasteiger partial charge < -0.3 is 5.73 Å². The van der Waals surface area contributed by atoms with Crippen molar-refractivity contribution in [3.8, 4) is 6.07 Å². The van der Waals surface area contributed by atoms with Crippen molar-refractivity contribution in [3.05, 3.63) is 62.9 Å². The van der Waals surface area contributed by atoms with Crippen molar-refractivity contribution < 1.29 is 0 Å². The van der Waals surface area contributed by atoms with Crippen molar-refractivity contribution in [2.75, 3.05) is 5.73 Å². The second-order valence-electron chi connectivity index (χ2n) is 4.88. The van der Waals surface area contributed by atoms with Crippen LogP contribution in [0.3, 0.4) is 0 Å². The van der Waals surface area contributed by atoms with Crippen LogP contribution in [0.4, 0.5) is 5.69 Å². The van der Waals surface area contributed by atoms with Crippen molar-refractivity contribution in [2.45, 2.75) is 20.3 Å². The summed E-state index contributed by atoms with van der Waals surface area (Å²) in [6.07, 6.45) is 6.05. The van der Waals surface area contributed by atoms with Gasteiger partial charge in [-0.3, -0.25) is 4.98 Å². The zero-order valence-corrected chi connectivity index (χ0v) is 13.8. The lowest BCUT2D eigenvalue weighted by atomic mass is 9.93. The summed E-state index contributed by atoms with van der Waals surface area (Å²) in [7, 11) is 0. The first-order valence-corrected chi connectivity index (χ1v) is 7.55. The number of nitrogens with zero attached hydrogens (tertiary/aromatic N) is 2. The van der Waals surface area contributed by atoms with Gasteiger partial charge in [0, 0.05) is 11.8 Å². The second kappa shape index (κ2) is 6.83. The van der Waals surface area contributed by atoms with Crippen LogP contribution in [0.2, 0.25) is 10.0 Å². The molecule has 1 heterocycles. The van der Waals surface area contributed by atoms with Crippen LogP contribution in [0.25, 0.3) is 5.57 Å². The van der Waals surface area contributed by atoms with Crippen LogP contribution in [0, 0.1) is 18.3 Å². The van der Waals surface area contributed by atoms with E-state index < -0.39 is 0 Å². The van der Waals surface area contributed by atoms with Gasteiger partial charge in [0.25, 0.3) is 0 Å². The van der Waals surface area contributed by atoms with Gasteiger partial charge in [-0.1, -0.05) is 36.2 Å². The maximum atomic E-state index is 9.20. The SMILES string of the molecule is CC/C=C(\c1cc(C#N)c(Cl)cc1C)c1cncc(N)c1Cl. The van der Waals surface area contributed by atoms with Crippen molar-refractivity contribution in [3.63, 3.8) is 0 Å². The number of allylic oxidation sites excluding steroid dienone is 1. The minimum absolute atomic E-state index is 0.424. The number of nitrogen functional groups attached to an aromatic ring is 1. The Morgan fingerprint density at radius 3 is 2.68 bits per heavy atom. The molecule has 0 amide bonds. The van der Waals surface area contributed by atoms with Crippen LogP contribution < -0.4 is 5.73 Å². The van der Waals surface area contributed by atoms with Gasteiger partial charge >= 0.3 is 0 Å². The zero-order chi connectivity index (χ0) is 16.3. The van der Waals surface area contributed by atoms with E-state index in [9.17, 15) is 5.26 Å². The molecule has 1 aromatic carbocycles. The molecule has 0 saturated heterocycles. The molecule has 0 atom stereocenters. The number of pyridine rings is 1. The van der Waals surface area contributed by atoms with E-state index in [1.165, 1.54) is 6.20 Å². The summed E-state index contributed by atoms with van der Waals surface area (Å²) in [5, 5.41) is 10.1. The number of benzene rings is 1. The summed E-state index contributed by atoms with van der Waals surface area (Å²) in [5.74, 6) is 0. The summed E-state index contributed by atoms with van der Waals surface area (Å²) >= 11 is 12.4. The minimum atomic E-state index is 0.424. The minimum Gasteiger partial charge on any atom is -0.396 e. The number of aryl methyl sites for hydroxylation is 1. The maximum absolute atomic E-state index is 9.20. The Kier molecular flexibility index (Phi) is 5.07. The third-order valence-electron chi connectivity index (χ3n) is 3.33. The number of anilines is 1. The van der Waals surface area contributed by atoms with E-state index >= 15 is 0 Å². The first-order valence-electron chi connectivity index (χ1n) is 6.79. The van der Waals surface area contributed by atoms with Crippen LogP contribution in [0.5, 0.6) is 0 Å². The molecular weight excluding hydrogens is 317 g/mol. The van der Waals surface area contributed by atoms with Crippen LogP contribution in [0.15, 0.2) is 30.6 Å². The molecule has 0 saturated carbocycles. The Bertz CT molecular complexity index is 789. The predicted molar refractivity (Wildman–Crippen MR) is 91.9 cm³/mol. The highest BCUT2D eigenvalue weighted by Gasteiger charge is 2.15. The summed E-state index contributed by atoms with van der Waals surface area (Å²) < 4.78 is 0. The number of hydrogen-bond donors (Lipinski definition) is 1. The van der Waals surface area contributed by atoms with Crippen molar-refractivity contribution in [1.29, 1.82) is 5.26 Å². The van der Waals surface area contributed by atoms with E-state index in [-0.39, 0.29) is 0 Å². The molecule has 0 aliphatic carbocycles. The van der Waals surface area contributed by atoms with Gasteiger partial charge in [-0.15, -0.1) is 0 Å². The molecule has 0 aliphatic rings. The molecule has 2 aromatic rings. The topological polar surface area (TPSA) is 62.7 Å². The van der Waals surface area contributed by atoms with Gasteiger partial charge in [0.15, 0.2) is 0 Å². The molecule has 1 aromatic heterocycles. The monoisotopic (exact) mass is 331 g/mol. The zero-order valence-electron chi connectivity index (χ0n) is 12.3. The Balaban J connectivity index is 2.72. The van der Waals surface area contributed by atoms with E-state index in [4.69, 9.17) is 28.9 Å². The molecule has 0 radical (unpaired) electrons. The number of nitriles is 1. The Hall–Kier alpha value is -2.02. The van der Waals surface area contributed by atoms with Gasteiger partial charge in [-0.2, -0.15) is 5.26 Å². The second-order valence-corrected chi connectivity index (χ2v) is 5.66. The molecule has 3 nitrogen and oxygen atoms in total. The number of rotatable bonds is 3. The van der Waals surface area contributed by atoms with Gasteiger partial charge in [0.2, 0.25) is 0 Å². The summed E-state index contributed by atoms with van der Waals surface area (Å²) in [5.41, 5.74) is 10.2. The summed E-state index contributed by atoms with van der Waals surface area (Å²) in [6, 6.07) is 5.67. The van der Waals surface area contributed by atoms with Crippen LogP contribution in [-0.4, -0.2) is 4.98 Å². The normalized spacial score (nSPS) is 11.3. The summed E-state index contributed by atoms with van der Waals surface area (Å²) in [4.78, 5) is 4.12. The standard InChI is InChI=1S/C17H15Cl2N3/c1-3-4-12(14-8-22-9-16(21)17(14)19)13-6-11(7-20)15(18)5-10(13)2/h4-6,8-9H,3,21H2,1-2H3/b12-4+. The Morgan fingerprint density at radius 1 is 1.32 bits per heavy atom. The van der Waals surface area contributed by atoms with E-state index in [2.05, 4.69) is 11.1 Å². The average molecular weight is 332 g/mol. The maximum Gasteiger partial charge on any atom is 0.101 e. The fraction of sp³-hybridized carbons (Fsp3) is 0.176. The molecular formula is C17H15Cl2N3. The van der Waals surface area contributed by atoms with Crippen LogP contribution >= 0.6 is 23.2 Å². The van der Waals surface area contributed by atoms with Crippen molar-refractivity contribution in [2.24, 2.45) is 0 Å². The highest BCUT2D eigenvalue weighted by Crippen LogP contribution is 2.35. The molecule has 0 unspecified atom stereocenters. The predicted octanol–water partition coefficient (Wildman–Crippen LogP) is 4.99. The number of aromatic nitrogens is 1. The van der Waals surface area contributed by atoms with Gasteiger partial charge in [0.05, 0.1) is 27.5 Å². The molecule has 0 bridgehead atoms. The lowest BCUT2D eigenvalue weighted by Crippen LogP contribution is -1.98.